The van der Waals surface area contributed by atoms with Crippen LogP contribution in [0, 0.1) is 11.3 Å². The van der Waals surface area contributed by atoms with Crippen molar-refractivity contribution in [3.63, 3.8) is 0 Å². The van der Waals surface area contributed by atoms with Crippen molar-refractivity contribution >= 4 is 11.9 Å². The SMILES string of the molecule is N#C[C@@]1(n2ccc(=O)[nH]c2=O)O[C@H](COC(=O)[C@@H](N)CC(N)=O)C(O)C1O. The van der Waals surface area contributed by atoms with Gasteiger partial charge in [-0.15, -0.1) is 0 Å². The normalized spacial score (nSPS) is 28.3. The summed E-state index contributed by atoms with van der Waals surface area (Å²) in [5, 5.41) is 29.8. The molecule has 2 rings (SSSR count). The van der Waals surface area contributed by atoms with Gasteiger partial charge in [0.1, 0.15) is 37.0 Å². The third kappa shape index (κ3) is 3.88. The number of aromatic nitrogens is 2. The van der Waals surface area contributed by atoms with Crippen molar-refractivity contribution in [2.75, 3.05) is 6.61 Å². The number of aliphatic hydroxyl groups excluding tert-OH is 2. The zero-order valence-corrected chi connectivity index (χ0v) is 13.8. The quantitative estimate of drug-likeness (QED) is 0.296. The van der Waals surface area contributed by atoms with Crippen LogP contribution in [0.1, 0.15) is 6.42 Å². The van der Waals surface area contributed by atoms with Crippen molar-refractivity contribution in [3.8, 4) is 6.07 Å². The number of rotatable bonds is 6. The minimum absolute atomic E-state index is 0.468. The van der Waals surface area contributed by atoms with Crippen LogP contribution < -0.4 is 22.7 Å². The van der Waals surface area contributed by atoms with Crippen molar-refractivity contribution in [2.45, 2.75) is 36.5 Å². The van der Waals surface area contributed by atoms with Gasteiger partial charge in [0.05, 0.1) is 6.42 Å². The fourth-order valence-corrected chi connectivity index (χ4v) is 2.53. The number of hydrogen-bond donors (Lipinski definition) is 5. The van der Waals surface area contributed by atoms with Crippen LogP contribution >= 0.6 is 0 Å². The molecule has 2 heterocycles. The lowest BCUT2D eigenvalue weighted by atomic mass is 10.0. The molecule has 13 nitrogen and oxygen atoms in total. The molecule has 1 aromatic rings. The number of carbonyl (C=O) groups is 2. The molecule has 0 aliphatic carbocycles. The van der Waals surface area contributed by atoms with E-state index >= 15 is 0 Å². The number of ether oxygens (including phenoxy) is 2. The lowest BCUT2D eigenvalue weighted by Crippen LogP contribution is -2.50. The number of amides is 1. The zero-order valence-electron chi connectivity index (χ0n) is 13.8. The summed E-state index contributed by atoms with van der Waals surface area (Å²) in [6, 6.07) is 1.16. The van der Waals surface area contributed by atoms with Crippen LogP contribution in [-0.4, -0.2) is 62.6 Å². The monoisotopic (exact) mass is 383 g/mol. The Kier molecular flexibility index (Phi) is 5.76. The van der Waals surface area contributed by atoms with E-state index in [9.17, 15) is 34.7 Å². The summed E-state index contributed by atoms with van der Waals surface area (Å²) >= 11 is 0. The van der Waals surface area contributed by atoms with Gasteiger partial charge < -0.3 is 31.2 Å². The van der Waals surface area contributed by atoms with E-state index in [1.807, 2.05) is 4.98 Å². The molecule has 1 aromatic heterocycles. The topological polar surface area (TPSA) is 224 Å². The summed E-state index contributed by atoms with van der Waals surface area (Å²) in [7, 11) is 0. The van der Waals surface area contributed by atoms with Gasteiger partial charge in [0.2, 0.25) is 5.91 Å². The molecule has 0 spiro atoms. The van der Waals surface area contributed by atoms with Crippen molar-refractivity contribution in [3.05, 3.63) is 33.1 Å². The minimum atomic E-state index is -2.37. The van der Waals surface area contributed by atoms with E-state index < -0.39 is 66.2 Å². The van der Waals surface area contributed by atoms with Crippen molar-refractivity contribution in [2.24, 2.45) is 11.5 Å². The average Bonchev–Trinajstić information content (AvgIpc) is 2.84. The number of nitrogens with two attached hydrogens (primary N) is 2. The number of primary amides is 1. The Morgan fingerprint density at radius 1 is 1.48 bits per heavy atom. The maximum atomic E-state index is 11.9. The third-order valence-electron chi connectivity index (χ3n) is 3.89. The first-order valence-corrected chi connectivity index (χ1v) is 7.60. The molecule has 7 N–H and O–H groups in total. The maximum Gasteiger partial charge on any atom is 0.331 e. The lowest BCUT2D eigenvalue weighted by Gasteiger charge is -2.26. The molecule has 5 atom stereocenters. The summed E-state index contributed by atoms with van der Waals surface area (Å²) in [4.78, 5) is 47.5. The highest BCUT2D eigenvalue weighted by atomic mass is 16.6. The summed E-state index contributed by atoms with van der Waals surface area (Å²) in [5.41, 5.74) is 6.15. The first-order chi connectivity index (χ1) is 12.6. The van der Waals surface area contributed by atoms with Gasteiger partial charge in [-0.25, -0.2) is 4.79 Å². The third-order valence-corrected chi connectivity index (χ3v) is 3.89. The predicted molar refractivity (Wildman–Crippen MR) is 84.5 cm³/mol. The molecule has 0 bridgehead atoms. The maximum absolute atomic E-state index is 11.9. The highest BCUT2D eigenvalue weighted by Crippen LogP contribution is 2.34. The molecule has 1 aliphatic heterocycles. The van der Waals surface area contributed by atoms with E-state index in [4.69, 9.17) is 20.9 Å². The molecule has 0 saturated carbocycles. The molecular formula is C14H17N5O8. The lowest BCUT2D eigenvalue weighted by molar-refractivity contribution is -0.156. The first kappa shape index (κ1) is 20.3. The van der Waals surface area contributed by atoms with Gasteiger partial charge in [-0.1, -0.05) is 0 Å². The summed E-state index contributed by atoms with van der Waals surface area (Å²) in [6.07, 6.45) is -4.58. The van der Waals surface area contributed by atoms with E-state index in [2.05, 4.69) is 0 Å². The van der Waals surface area contributed by atoms with E-state index in [0.29, 0.717) is 4.57 Å². The molecule has 1 aliphatic rings. The Balaban J connectivity index is 2.20. The van der Waals surface area contributed by atoms with Crippen LogP contribution in [-0.2, 0) is 24.8 Å². The summed E-state index contributed by atoms with van der Waals surface area (Å²) in [6.45, 7) is -0.634. The molecule has 1 fully saturated rings. The number of aliphatic hydroxyl groups is 2. The van der Waals surface area contributed by atoms with E-state index in [0.717, 1.165) is 12.3 Å². The molecule has 1 saturated heterocycles. The highest BCUT2D eigenvalue weighted by Gasteiger charge is 2.57. The van der Waals surface area contributed by atoms with Gasteiger partial charge in [0.15, 0.2) is 0 Å². The van der Waals surface area contributed by atoms with Gasteiger partial charge >= 0.3 is 11.7 Å². The largest absolute Gasteiger partial charge is 0.462 e. The van der Waals surface area contributed by atoms with Gasteiger partial charge in [-0.05, 0) is 0 Å². The molecule has 0 radical (unpaired) electrons. The number of aromatic amines is 1. The second-order valence-electron chi connectivity index (χ2n) is 5.79. The first-order valence-electron chi connectivity index (χ1n) is 7.60. The van der Waals surface area contributed by atoms with E-state index in [1.54, 1.807) is 6.07 Å². The molecule has 13 heteroatoms. The molecule has 146 valence electrons. The second-order valence-corrected chi connectivity index (χ2v) is 5.79. The Morgan fingerprint density at radius 2 is 2.15 bits per heavy atom. The number of esters is 1. The number of nitrogens with one attached hydrogen (secondary N) is 1. The fraction of sp³-hybridized carbons (Fsp3) is 0.500. The zero-order chi connectivity index (χ0) is 20.4. The molecular weight excluding hydrogens is 366 g/mol. The second kappa shape index (κ2) is 7.68. The minimum Gasteiger partial charge on any atom is -0.462 e. The number of carbonyl (C=O) groups excluding carboxylic acids is 2. The van der Waals surface area contributed by atoms with Gasteiger partial charge in [0.25, 0.3) is 11.3 Å². The van der Waals surface area contributed by atoms with E-state index in [1.165, 1.54) is 0 Å². The van der Waals surface area contributed by atoms with Gasteiger partial charge in [-0.2, -0.15) is 5.26 Å². The number of nitrogens with zero attached hydrogens (tertiary/aromatic N) is 2. The smallest absolute Gasteiger partial charge is 0.331 e. The van der Waals surface area contributed by atoms with Crippen molar-refractivity contribution < 1.29 is 29.3 Å². The molecule has 2 unspecified atom stereocenters. The summed E-state index contributed by atoms with van der Waals surface area (Å²) < 4.78 is 10.7. The number of nitriles is 1. The van der Waals surface area contributed by atoms with Crippen molar-refractivity contribution in [1.29, 1.82) is 5.26 Å². The van der Waals surface area contributed by atoms with Crippen LogP contribution in [0.2, 0.25) is 0 Å². The molecule has 0 aromatic carbocycles. The van der Waals surface area contributed by atoms with E-state index in [-0.39, 0.29) is 0 Å². The summed E-state index contributed by atoms with van der Waals surface area (Å²) in [5.74, 6) is -1.84. The van der Waals surface area contributed by atoms with Crippen LogP contribution in [0.25, 0.3) is 0 Å². The van der Waals surface area contributed by atoms with Crippen LogP contribution in [0.3, 0.4) is 0 Å². The van der Waals surface area contributed by atoms with Gasteiger partial charge in [-0.3, -0.25) is 23.9 Å². The number of H-pyrrole nitrogens is 1. The fourth-order valence-electron chi connectivity index (χ4n) is 2.53. The Morgan fingerprint density at radius 3 is 2.70 bits per heavy atom. The molecule has 27 heavy (non-hydrogen) atoms. The predicted octanol–water partition coefficient (Wildman–Crippen LogP) is -4.42. The van der Waals surface area contributed by atoms with Crippen LogP contribution in [0.5, 0.6) is 0 Å². The number of hydrogen-bond acceptors (Lipinski definition) is 10. The van der Waals surface area contributed by atoms with Crippen molar-refractivity contribution in [1.82, 2.24) is 9.55 Å². The Bertz CT molecular complexity index is 888. The van der Waals surface area contributed by atoms with Crippen LogP contribution in [0.15, 0.2) is 21.9 Å². The highest BCUT2D eigenvalue weighted by molar-refractivity contribution is 5.84. The molecule has 1 amide bonds. The average molecular weight is 383 g/mol. The van der Waals surface area contributed by atoms with Gasteiger partial charge in [0, 0.05) is 12.3 Å². The Hall–Kier alpha value is -3.05. The Labute approximate surface area is 150 Å². The standard InChI is InChI=1S/C14H17N5O8/c15-5-14(19-2-1-9(21)18-13(19)25)11(23)10(22)7(27-14)4-26-12(24)6(16)3-8(17)20/h1-2,6-7,10-11,22-23H,3-4,16H2,(H2,17,20)(H,18,21,25)/t6-,7+,10?,11?,14+/m0/s1. The van der Waals surface area contributed by atoms with Crippen LogP contribution in [0.4, 0.5) is 0 Å².